The van der Waals surface area contributed by atoms with Crippen molar-refractivity contribution in [1.29, 1.82) is 0 Å². The van der Waals surface area contributed by atoms with E-state index in [1.54, 1.807) is 10.8 Å². The molecule has 0 aromatic carbocycles. The molecule has 8 nitrogen and oxygen atoms in total. The number of hydrogen-bond donors (Lipinski definition) is 2. The summed E-state index contributed by atoms with van der Waals surface area (Å²) >= 11 is 0. The van der Waals surface area contributed by atoms with Crippen LogP contribution in [0.4, 0.5) is 0 Å². The number of nitrogens with one attached hydrogen (secondary N) is 1. The van der Waals surface area contributed by atoms with Crippen LogP contribution in [-0.2, 0) is 11.3 Å². The Morgan fingerprint density at radius 1 is 1.34 bits per heavy atom. The van der Waals surface area contributed by atoms with Gasteiger partial charge in [0, 0.05) is 31.4 Å². The Bertz CT molecular complexity index is 994. The number of nitrogens with zero attached hydrogens (tertiary/aromatic N) is 3. The predicted octanol–water partition coefficient (Wildman–Crippen LogP) is 2.19. The van der Waals surface area contributed by atoms with Gasteiger partial charge in [-0.2, -0.15) is 9.61 Å². The molecule has 8 heteroatoms. The highest BCUT2D eigenvalue weighted by molar-refractivity contribution is 5.96. The Labute approximate surface area is 169 Å². The van der Waals surface area contributed by atoms with Crippen LogP contribution in [0.25, 0.3) is 11.7 Å². The summed E-state index contributed by atoms with van der Waals surface area (Å²) in [5.41, 5.74) is 0.417. The molecule has 2 aromatic rings. The van der Waals surface area contributed by atoms with Gasteiger partial charge < -0.3 is 15.2 Å². The van der Waals surface area contributed by atoms with Gasteiger partial charge in [-0.15, -0.1) is 0 Å². The third-order valence-electron chi connectivity index (χ3n) is 5.41. The van der Waals surface area contributed by atoms with E-state index >= 15 is 0 Å². The van der Waals surface area contributed by atoms with Crippen molar-refractivity contribution >= 4 is 17.6 Å². The molecule has 2 aliphatic rings. The molecule has 0 spiro atoms. The van der Waals surface area contributed by atoms with Crippen LogP contribution in [0.2, 0.25) is 0 Å². The lowest BCUT2D eigenvalue weighted by molar-refractivity contribution is 0.0787. The molecule has 1 amide bonds. The number of aromatic nitrogens is 3. The highest BCUT2D eigenvalue weighted by Gasteiger charge is 2.29. The van der Waals surface area contributed by atoms with E-state index in [9.17, 15) is 14.7 Å². The topological polar surface area (TPSA) is 97.9 Å². The van der Waals surface area contributed by atoms with Crippen molar-refractivity contribution in [3.05, 3.63) is 33.8 Å². The lowest BCUT2D eigenvalue weighted by Crippen LogP contribution is -2.34. The molecule has 1 aliphatic heterocycles. The molecule has 1 saturated carbocycles. The molecule has 1 saturated heterocycles. The fourth-order valence-electron chi connectivity index (χ4n) is 3.70. The molecule has 0 unspecified atom stereocenters. The number of aromatic hydroxyl groups is 1. The lowest BCUT2D eigenvalue weighted by atomic mass is 9.99. The van der Waals surface area contributed by atoms with Crippen LogP contribution in [0, 0.1) is 11.8 Å². The van der Waals surface area contributed by atoms with Gasteiger partial charge >= 0.3 is 0 Å². The Balaban J connectivity index is 1.79. The standard InChI is InChI=1S/C21H28N4O4/c1-13(2)12-24-19-15(4-3-14-7-9-29-10-8-14)11-22-25(19)21(28)17(20(24)27)18(26)23-16-5-6-16/h3-4,11,13-14,16,27H,5-10,12H2,1-2H3,(H,23,26). The summed E-state index contributed by atoms with van der Waals surface area (Å²) in [4.78, 5) is 25.6. The van der Waals surface area contributed by atoms with Gasteiger partial charge in [-0.1, -0.05) is 26.0 Å². The van der Waals surface area contributed by atoms with Crippen LogP contribution < -0.4 is 10.9 Å². The number of carbonyl (C=O) groups is 1. The summed E-state index contributed by atoms with van der Waals surface area (Å²) in [6.45, 7) is 6.01. The zero-order valence-corrected chi connectivity index (χ0v) is 16.9. The van der Waals surface area contributed by atoms with Gasteiger partial charge in [0.25, 0.3) is 11.5 Å². The van der Waals surface area contributed by atoms with Gasteiger partial charge in [-0.05, 0) is 37.5 Å². The summed E-state index contributed by atoms with van der Waals surface area (Å²) in [6.07, 6.45) is 9.42. The molecule has 0 radical (unpaired) electrons. The SMILES string of the molecule is CC(C)Cn1c(O)c(C(=O)NC2CC2)c(=O)n2ncc(C=CC3CCOCC3)c12. The fourth-order valence-corrected chi connectivity index (χ4v) is 3.70. The van der Waals surface area contributed by atoms with E-state index in [0.29, 0.717) is 18.1 Å². The summed E-state index contributed by atoms with van der Waals surface area (Å²) in [5.74, 6) is -0.213. The predicted molar refractivity (Wildman–Crippen MR) is 109 cm³/mol. The van der Waals surface area contributed by atoms with E-state index < -0.39 is 11.5 Å². The van der Waals surface area contributed by atoms with Crippen molar-refractivity contribution in [2.45, 2.75) is 52.1 Å². The first-order chi connectivity index (χ1) is 14.0. The van der Waals surface area contributed by atoms with Crippen LogP contribution in [-0.4, -0.2) is 44.5 Å². The monoisotopic (exact) mass is 400 g/mol. The van der Waals surface area contributed by atoms with Gasteiger partial charge in [0.1, 0.15) is 5.65 Å². The third kappa shape index (κ3) is 4.07. The minimum absolute atomic E-state index is 0.0890. The average molecular weight is 400 g/mol. The highest BCUT2D eigenvalue weighted by Crippen LogP contribution is 2.25. The van der Waals surface area contributed by atoms with Gasteiger partial charge in [-0.3, -0.25) is 14.2 Å². The van der Waals surface area contributed by atoms with E-state index in [1.807, 2.05) is 19.9 Å². The molecule has 0 atom stereocenters. The van der Waals surface area contributed by atoms with Crippen molar-refractivity contribution < 1.29 is 14.6 Å². The zero-order valence-electron chi connectivity index (χ0n) is 16.9. The molecule has 3 heterocycles. The van der Waals surface area contributed by atoms with Crippen molar-refractivity contribution in [3.8, 4) is 5.88 Å². The molecule has 2 N–H and O–H groups in total. The molecule has 2 aromatic heterocycles. The quantitative estimate of drug-likeness (QED) is 0.775. The van der Waals surface area contributed by atoms with E-state index in [-0.39, 0.29) is 23.4 Å². The van der Waals surface area contributed by atoms with Gasteiger partial charge in [0.2, 0.25) is 5.88 Å². The second-order valence-corrected chi connectivity index (χ2v) is 8.40. The Kier molecular flexibility index (Phi) is 5.45. The maximum Gasteiger partial charge on any atom is 0.291 e. The molecule has 2 fully saturated rings. The van der Waals surface area contributed by atoms with Gasteiger partial charge in [-0.25, -0.2) is 0 Å². The van der Waals surface area contributed by atoms with Crippen LogP contribution in [0.15, 0.2) is 17.1 Å². The number of fused-ring (bicyclic) bond motifs is 1. The van der Waals surface area contributed by atoms with Crippen molar-refractivity contribution in [1.82, 2.24) is 19.5 Å². The molecule has 4 rings (SSSR count). The lowest BCUT2D eigenvalue weighted by Gasteiger charge is -2.19. The largest absolute Gasteiger partial charge is 0.494 e. The van der Waals surface area contributed by atoms with E-state index in [4.69, 9.17) is 4.74 Å². The molecular weight excluding hydrogens is 372 g/mol. The van der Waals surface area contributed by atoms with E-state index in [1.165, 1.54) is 4.52 Å². The zero-order chi connectivity index (χ0) is 20.5. The third-order valence-corrected chi connectivity index (χ3v) is 5.41. The number of allylic oxidation sites excluding steroid dienone is 1. The van der Waals surface area contributed by atoms with Gasteiger partial charge in [0.05, 0.1) is 6.20 Å². The van der Waals surface area contributed by atoms with Crippen molar-refractivity contribution in [2.24, 2.45) is 11.8 Å². The number of ether oxygens (including phenoxy) is 1. The Morgan fingerprint density at radius 2 is 2.07 bits per heavy atom. The summed E-state index contributed by atoms with van der Waals surface area (Å²) < 4.78 is 8.26. The van der Waals surface area contributed by atoms with Crippen LogP contribution in [0.1, 0.15) is 55.5 Å². The number of hydrogen-bond acceptors (Lipinski definition) is 5. The van der Waals surface area contributed by atoms with Crippen LogP contribution in [0.5, 0.6) is 5.88 Å². The average Bonchev–Trinajstić information content (AvgIpc) is 3.40. The summed E-state index contributed by atoms with van der Waals surface area (Å²) in [5, 5.41) is 17.9. The second kappa shape index (κ2) is 8.02. The summed E-state index contributed by atoms with van der Waals surface area (Å²) in [6, 6.07) is 0.0890. The first-order valence-corrected chi connectivity index (χ1v) is 10.4. The molecule has 0 bridgehead atoms. The van der Waals surface area contributed by atoms with Crippen LogP contribution >= 0.6 is 0 Å². The van der Waals surface area contributed by atoms with Crippen molar-refractivity contribution in [2.75, 3.05) is 13.2 Å². The molecular formula is C21H28N4O4. The molecule has 1 aliphatic carbocycles. The Hall–Kier alpha value is -2.61. The molecule has 156 valence electrons. The maximum absolute atomic E-state index is 13.0. The van der Waals surface area contributed by atoms with Gasteiger partial charge in [0.15, 0.2) is 5.56 Å². The summed E-state index contributed by atoms with van der Waals surface area (Å²) in [7, 11) is 0. The minimum Gasteiger partial charge on any atom is -0.494 e. The highest BCUT2D eigenvalue weighted by atomic mass is 16.5. The fraction of sp³-hybridized carbons (Fsp3) is 0.571. The van der Waals surface area contributed by atoms with Crippen molar-refractivity contribution in [3.63, 3.8) is 0 Å². The molecule has 29 heavy (non-hydrogen) atoms. The van der Waals surface area contributed by atoms with E-state index in [2.05, 4.69) is 16.5 Å². The second-order valence-electron chi connectivity index (χ2n) is 8.40. The van der Waals surface area contributed by atoms with E-state index in [0.717, 1.165) is 44.5 Å². The minimum atomic E-state index is -0.596. The number of amides is 1. The van der Waals surface area contributed by atoms with Crippen LogP contribution in [0.3, 0.4) is 0 Å². The number of carbonyl (C=O) groups excluding carboxylic acids is 1. The smallest absolute Gasteiger partial charge is 0.291 e. The Morgan fingerprint density at radius 3 is 2.72 bits per heavy atom. The normalized spacial score (nSPS) is 18.2. The first-order valence-electron chi connectivity index (χ1n) is 10.4. The maximum atomic E-state index is 13.0. The number of rotatable bonds is 6. The first kappa shape index (κ1) is 19.7.